The molecule has 1 aliphatic heterocycles. The minimum atomic E-state index is -0.495. The molecule has 94 valence electrons. The number of rotatable bonds is 4. The number of hydrogen-bond donors (Lipinski definition) is 1. The van der Waals surface area contributed by atoms with Crippen LogP contribution in [0.5, 0.6) is 5.75 Å². The number of halogens is 1. The molecule has 1 N–H and O–H groups in total. The summed E-state index contributed by atoms with van der Waals surface area (Å²) in [4.78, 5) is 0. The smallest absolute Gasteiger partial charge is 0.122 e. The van der Waals surface area contributed by atoms with Crippen LogP contribution in [0.1, 0.15) is 18.4 Å². The number of benzene rings is 1. The summed E-state index contributed by atoms with van der Waals surface area (Å²) in [6, 6.07) is 5.43. The first-order valence-corrected chi connectivity index (χ1v) is 6.20. The molecule has 1 aromatic carbocycles. The van der Waals surface area contributed by atoms with E-state index in [0.717, 1.165) is 30.8 Å². The Morgan fingerprint density at radius 3 is 3.06 bits per heavy atom. The normalized spacial score (nSPS) is 21.5. The molecule has 4 heteroatoms. The van der Waals surface area contributed by atoms with E-state index in [2.05, 4.69) is 0 Å². The highest BCUT2D eigenvalue weighted by molar-refractivity contribution is 6.30. The molecule has 3 nitrogen and oxygen atoms in total. The molecule has 0 radical (unpaired) electrons. The third-order valence-electron chi connectivity index (χ3n) is 3.07. The van der Waals surface area contributed by atoms with Gasteiger partial charge in [-0.2, -0.15) is 0 Å². The van der Waals surface area contributed by atoms with Crippen molar-refractivity contribution in [3.63, 3.8) is 0 Å². The summed E-state index contributed by atoms with van der Waals surface area (Å²) in [5, 5.41) is 10.7. The number of ether oxygens (including phenoxy) is 2. The van der Waals surface area contributed by atoms with Gasteiger partial charge >= 0.3 is 0 Å². The molecule has 1 aromatic rings. The lowest BCUT2D eigenvalue weighted by Crippen LogP contribution is -2.27. The van der Waals surface area contributed by atoms with Gasteiger partial charge in [0.05, 0.1) is 19.3 Å². The third kappa shape index (κ3) is 3.12. The lowest BCUT2D eigenvalue weighted by molar-refractivity contribution is -0.000992. The van der Waals surface area contributed by atoms with Gasteiger partial charge in [-0.1, -0.05) is 11.6 Å². The SMILES string of the molecule is COc1ccc(Cl)cc1CC(O)C1CCCO1. The Hall–Kier alpha value is -0.770. The predicted octanol–water partition coefficient (Wildman–Crippen LogP) is 2.43. The van der Waals surface area contributed by atoms with Gasteiger partial charge < -0.3 is 14.6 Å². The number of methoxy groups -OCH3 is 1. The Morgan fingerprint density at radius 2 is 2.41 bits per heavy atom. The molecule has 1 fully saturated rings. The quantitative estimate of drug-likeness (QED) is 0.899. The predicted molar refractivity (Wildman–Crippen MR) is 66.7 cm³/mol. The van der Waals surface area contributed by atoms with Gasteiger partial charge in [0.1, 0.15) is 5.75 Å². The summed E-state index contributed by atoms with van der Waals surface area (Å²) in [6.07, 6.45) is 1.90. The summed E-state index contributed by atoms with van der Waals surface area (Å²) in [5.41, 5.74) is 0.919. The van der Waals surface area contributed by atoms with Crippen molar-refractivity contribution in [1.82, 2.24) is 0 Å². The Labute approximate surface area is 106 Å². The van der Waals surface area contributed by atoms with Gasteiger partial charge in [-0.05, 0) is 36.6 Å². The van der Waals surface area contributed by atoms with Crippen molar-refractivity contribution in [2.45, 2.75) is 31.5 Å². The van der Waals surface area contributed by atoms with Crippen LogP contribution in [0.25, 0.3) is 0 Å². The van der Waals surface area contributed by atoms with Crippen LogP contribution in [0, 0.1) is 0 Å². The summed E-state index contributed by atoms with van der Waals surface area (Å²) in [6.45, 7) is 0.744. The van der Waals surface area contributed by atoms with Crippen molar-refractivity contribution in [3.05, 3.63) is 28.8 Å². The monoisotopic (exact) mass is 256 g/mol. The van der Waals surface area contributed by atoms with Crippen molar-refractivity contribution in [2.75, 3.05) is 13.7 Å². The van der Waals surface area contributed by atoms with Gasteiger partial charge in [-0.25, -0.2) is 0 Å². The van der Waals surface area contributed by atoms with E-state index in [1.54, 1.807) is 13.2 Å². The van der Waals surface area contributed by atoms with Gasteiger partial charge in [0.15, 0.2) is 0 Å². The number of aliphatic hydroxyl groups is 1. The molecule has 1 heterocycles. The molecule has 17 heavy (non-hydrogen) atoms. The molecule has 1 saturated heterocycles. The van der Waals surface area contributed by atoms with Gasteiger partial charge in [0.25, 0.3) is 0 Å². The molecule has 0 saturated carbocycles. The van der Waals surface area contributed by atoms with Crippen LogP contribution in [0.2, 0.25) is 5.02 Å². The van der Waals surface area contributed by atoms with Crippen molar-refractivity contribution in [3.8, 4) is 5.75 Å². The lowest BCUT2D eigenvalue weighted by Gasteiger charge is -2.18. The molecule has 0 amide bonds. The van der Waals surface area contributed by atoms with E-state index in [-0.39, 0.29) is 6.10 Å². The fraction of sp³-hybridized carbons (Fsp3) is 0.538. The van der Waals surface area contributed by atoms with Crippen LogP contribution in [-0.4, -0.2) is 31.0 Å². The maximum Gasteiger partial charge on any atom is 0.122 e. The molecular weight excluding hydrogens is 240 g/mol. The molecule has 2 rings (SSSR count). The molecule has 0 aromatic heterocycles. The first-order chi connectivity index (χ1) is 8.20. The van der Waals surface area contributed by atoms with E-state index < -0.39 is 6.10 Å². The third-order valence-corrected chi connectivity index (χ3v) is 3.30. The molecule has 0 aliphatic carbocycles. The van der Waals surface area contributed by atoms with Gasteiger partial charge in [0, 0.05) is 18.1 Å². The van der Waals surface area contributed by atoms with Gasteiger partial charge in [-0.15, -0.1) is 0 Å². The summed E-state index contributed by atoms with van der Waals surface area (Å²) < 4.78 is 10.7. The van der Waals surface area contributed by atoms with Crippen molar-refractivity contribution in [1.29, 1.82) is 0 Å². The molecule has 2 unspecified atom stereocenters. The molecule has 0 bridgehead atoms. The van der Waals surface area contributed by atoms with E-state index in [9.17, 15) is 5.11 Å². The summed E-state index contributed by atoms with van der Waals surface area (Å²) >= 11 is 5.95. The first-order valence-electron chi connectivity index (χ1n) is 5.83. The van der Waals surface area contributed by atoms with E-state index >= 15 is 0 Å². The molecule has 0 spiro atoms. The van der Waals surface area contributed by atoms with E-state index in [4.69, 9.17) is 21.1 Å². The summed E-state index contributed by atoms with van der Waals surface area (Å²) in [5.74, 6) is 0.756. The topological polar surface area (TPSA) is 38.7 Å². The number of hydrogen-bond acceptors (Lipinski definition) is 3. The highest BCUT2D eigenvalue weighted by Gasteiger charge is 2.25. The average molecular weight is 257 g/mol. The zero-order valence-electron chi connectivity index (χ0n) is 9.86. The van der Waals surface area contributed by atoms with Crippen LogP contribution in [0.15, 0.2) is 18.2 Å². The lowest BCUT2D eigenvalue weighted by atomic mass is 10.0. The number of aliphatic hydroxyl groups excluding tert-OH is 1. The molecule has 2 atom stereocenters. The second-order valence-corrected chi connectivity index (χ2v) is 4.72. The fourth-order valence-corrected chi connectivity index (χ4v) is 2.36. The molecular formula is C13H17ClO3. The average Bonchev–Trinajstić information content (AvgIpc) is 2.83. The highest BCUT2D eigenvalue weighted by atomic mass is 35.5. The second-order valence-electron chi connectivity index (χ2n) is 4.28. The largest absolute Gasteiger partial charge is 0.496 e. The Balaban J connectivity index is 2.08. The van der Waals surface area contributed by atoms with E-state index in [1.165, 1.54) is 0 Å². The van der Waals surface area contributed by atoms with E-state index in [0.29, 0.717) is 11.4 Å². The second kappa shape index (κ2) is 5.71. The van der Waals surface area contributed by atoms with Crippen LogP contribution in [0.3, 0.4) is 0 Å². The Bertz CT molecular complexity index is 375. The van der Waals surface area contributed by atoms with Crippen LogP contribution in [0.4, 0.5) is 0 Å². The maximum absolute atomic E-state index is 10.1. The fourth-order valence-electron chi connectivity index (χ4n) is 2.17. The van der Waals surface area contributed by atoms with Crippen molar-refractivity contribution >= 4 is 11.6 Å². The molecule has 1 aliphatic rings. The van der Waals surface area contributed by atoms with Crippen LogP contribution in [-0.2, 0) is 11.2 Å². The van der Waals surface area contributed by atoms with Crippen molar-refractivity contribution in [2.24, 2.45) is 0 Å². The highest BCUT2D eigenvalue weighted by Crippen LogP contribution is 2.26. The minimum Gasteiger partial charge on any atom is -0.496 e. The van der Waals surface area contributed by atoms with Gasteiger partial charge in [-0.3, -0.25) is 0 Å². The Morgan fingerprint density at radius 1 is 1.59 bits per heavy atom. The standard InChI is InChI=1S/C13H17ClO3/c1-16-12-5-4-10(14)7-9(12)8-11(15)13-3-2-6-17-13/h4-5,7,11,13,15H,2-3,6,8H2,1H3. The van der Waals surface area contributed by atoms with Crippen molar-refractivity contribution < 1.29 is 14.6 Å². The minimum absolute atomic E-state index is 0.0568. The van der Waals surface area contributed by atoms with Crippen LogP contribution < -0.4 is 4.74 Å². The summed E-state index contributed by atoms with van der Waals surface area (Å²) in [7, 11) is 1.62. The zero-order valence-corrected chi connectivity index (χ0v) is 10.6. The zero-order chi connectivity index (χ0) is 12.3. The Kier molecular flexibility index (Phi) is 4.26. The van der Waals surface area contributed by atoms with Gasteiger partial charge in [0.2, 0.25) is 0 Å². The van der Waals surface area contributed by atoms with Crippen LogP contribution >= 0.6 is 11.6 Å². The maximum atomic E-state index is 10.1. The van der Waals surface area contributed by atoms with E-state index in [1.807, 2.05) is 12.1 Å². The first kappa shape index (κ1) is 12.7.